The van der Waals surface area contributed by atoms with Gasteiger partial charge in [0.2, 0.25) is 0 Å². The lowest BCUT2D eigenvalue weighted by Gasteiger charge is -2.39. The van der Waals surface area contributed by atoms with Gasteiger partial charge in [-0.3, -0.25) is 5.41 Å². The van der Waals surface area contributed by atoms with Crippen LogP contribution in [0.2, 0.25) is 0 Å². The van der Waals surface area contributed by atoms with Gasteiger partial charge in [0.15, 0.2) is 0 Å². The summed E-state index contributed by atoms with van der Waals surface area (Å²) in [6.45, 7) is 3.02. The van der Waals surface area contributed by atoms with Gasteiger partial charge in [0.1, 0.15) is 24.1 Å². The van der Waals surface area contributed by atoms with Crippen LogP contribution in [0.15, 0.2) is 24.7 Å². The molecule has 0 saturated carbocycles. The molecular weight excluding hydrogens is 358 g/mol. The first-order valence-corrected chi connectivity index (χ1v) is 8.40. The minimum absolute atomic E-state index is 0.0490. The first-order chi connectivity index (χ1) is 13.0. The zero-order valence-electron chi connectivity index (χ0n) is 14.6. The van der Waals surface area contributed by atoms with E-state index in [1.165, 1.54) is 18.6 Å². The van der Waals surface area contributed by atoms with Crippen LogP contribution in [0.4, 0.5) is 14.6 Å². The molecule has 0 radical (unpaired) electrons. The second-order valence-corrected chi connectivity index (χ2v) is 6.06. The predicted molar refractivity (Wildman–Crippen MR) is 96.0 cm³/mol. The number of ether oxygens (including phenoxy) is 1. The van der Waals surface area contributed by atoms with Crippen LogP contribution < -0.4 is 4.90 Å². The maximum atomic E-state index is 12.4. The number of halogens is 2. The molecule has 1 fully saturated rings. The number of aliphatic hydroxyl groups excluding tert-OH is 1. The molecule has 10 heteroatoms. The number of aliphatic hydroxyl groups is 1. The van der Waals surface area contributed by atoms with Gasteiger partial charge < -0.3 is 19.7 Å². The molecule has 1 saturated heterocycles. The Balaban J connectivity index is 1.79. The van der Waals surface area contributed by atoms with Crippen LogP contribution in [0.5, 0.6) is 0 Å². The zero-order chi connectivity index (χ0) is 19.4. The lowest BCUT2D eigenvalue weighted by Crippen LogP contribution is -2.51. The number of allylic oxidation sites excluding steroid dienone is 1. The molecule has 3 rings (SSSR count). The van der Waals surface area contributed by atoms with E-state index >= 15 is 0 Å². The number of aromatic nitrogens is 4. The second kappa shape index (κ2) is 8.31. The van der Waals surface area contributed by atoms with Crippen LogP contribution in [-0.4, -0.2) is 69.1 Å². The third kappa shape index (κ3) is 4.34. The lowest BCUT2D eigenvalue weighted by atomic mass is 10.1. The molecule has 1 aliphatic heterocycles. The third-order valence-electron chi connectivity index (χ3n) is 4.35. The summed E-state index contributed by atoms with van der Waals surface area (Å²) in [7, 11) is 0. The van der Waals surface area contributed by atoms with E-state index < -0.39 is 12.1 Å². The summed E-state index contributed by atoms with van der Waals surface area (Å²) in [5.41, 5.74) is 0.411. The molecule has 2 unspecified atom stereocenters. The highest BCUT2D eigenvalue weighted by Gasteiger charge is 2.29. The number of imidazole rings is 1. The van der Waals surface area contributed by atoms with Crippen molar-refractivity contribution in [1.29, 1.82) is 5.41 Å². The normalized spacial score (nSPS) is 20.6. The van der Waals surface area contributed by atoms with Gasteiger partial charge in [-0.1, -0.05) is 0 Å². The van der Waals surface area contributed by atoms with Gasteiger partial charge in [-0.2, -0.15) is 0 Å². The molecule has 2 aromatic rings. The quantitative estimate of drug-likeness (QED) is 0.661. The molecule has 1 aliphatic rings. The number of alkyl halides is 2. The summed E-state index contributed by atoms with van der Waals surface area (Å²) in [6.07, 6.45) is 2.18. The van der Waals surface area contributed by atoms with Crippen molar-refractivity contribution in [2.24, 2.45) is 0 Å². The molecule has 2 aromatic heterocycles. The molecule has 0 aromatic carbocycles. The highest BCUT2D eigenvalue weighted by atomic mass is 19.3. The molecule has 27 heavy (non-hydrogen) atoms. The van der Waals surface area contributed by atoms with Crippen molar-refractivity contribution in [3.8, 4) is 11.4 Å². The SMILES string of the molecule is CC1C(CO)OCCN1c1cc(-c2cnc(/C=C\C(=N)C(F)F)[nH]2)ncn1. The Morgan fingerprint density at radius 1 is 1.48 bits per heavy atom. The van der Waals surface area contributed by atoms with Gasteiger partial charge in [-0.15, -0.1) is 0 Å². The average molecular weight is 378 g/mol. The Morgan fingerprint density at radius 2 is 2.30 bits per heavy atom. The fourth-order valence-electron chi connectivity index (χ4n) is 2.82. The highest BCUT2D eigenvalue weighted by molar-refractivity contribution is 5.97. The fraction of sp³-hybridized carbons (Fsp3) is 0.412. The molecule has 0 spiro atoms. The standard InChI is InChI=1S/C17H20F2N6O2/c1-10-14(8-26)27-5-4-25(10)16-6-12(22-9-23-16)13-7-21-15(24-13)3-2-11(20)17(18)19/h2-3,6-7,9-10,14,17,20,26H,4-5,8H2,1H3,(H,21,24)/b3-2-,20-11?. The monoisotopic (exact) mass is 378 g/mol. The van der Waals surface area contributed by atoms with Gasteiger partial charge in [-0.05, 0) is 19.1 Å². The molecule has 0 amide bonds. The third-order valence-corrected chi connectivity index (χ3v) is 4.35. The van der Waals surface area contributed by atoms with E-state index in [1.807, 2.05) is 11.8 Å². The molecule has 3 N–H and O–H groups in total. The van der Waals surface area contributed by atoms with Crippen molar-refractivity contribution in [1.82, 2.24) is 19.9 Å². The maximum Gasteiger partial charge on any atom is 0.279 e. The van der Waals surface area contributed by atoms with Gasteiger partial charge in [0, 0.05) is 12.6 Å². The summed E-state index contributed by atoms with van der Waals surface area (Å²) < 4.78 is 30.3. The van der Waals surface area contributed by atoms with E-state index in [4.69, 9.17) is 10.1 Å². The summed E-state index contributed by atoms with van der Waals surface area (Å²) >= 11 is 0. The van der Waals surface area contributed by atoms with E-state index in [9.17, 15) is 13.9 Å². The zero-order valence-corrected chi connectivity index (χ0v) is 14.6. The maximum absolute atomic E-state index is 12.4. The summed E-state index contributed by atoms with van der Waals surface area (Å²) in [5.74, 6) is 1.04. The van der Waals surface area contributed by atoms with E-state index in [1.54, 1.807) is 6.07 Å². The van der Waals surface area contributed by atoms with E-state index in [-0.39, 0.29) is 18.8 Å². The summed E-state index contributed by atoms with van der Waals surface area (Å²) in [5, 5.41) is 16.5. The minimum Gasteiger partial charge on any atom is -0.394 e. The van der Waals surface area contributed by atoms with Crippen molar-refractivity contribution < 1.29 is 18.6 Å². The van der Waals surface area contributed by atoms with Crippen LogP contribution in [-0.2, 0) is 4.74 Å². The molecule has 2 atom stereocenters. The van der Waals surface area contributed by atoms with Crippen LogP contribution in [0.3, 0.4) is 0 Å². The molecule has 3 heterocycles. The number of nitrogens with one attached hydrogen (secondary N) is 2. The number of rotatable bonds is 6. The molecular formula is C17H20F2N6O2. The van der Waals surface area contributed by atoms with Gasteiger partial charge in [-0.25, -0.2) is 23.7 Å². The predicted octanol–water partition coefficient (Wildman–Crippen LogP) is 1.75. The number of morpholine rings is 1. The van der Waals surface area contributed by atoms with Gasteiger partial charge in [0.25, 0.3) is 6.43 Å². The van der Waals surface area contributed by atoms with Crippen LogP contribution in [0.1, 0.15) is 12.7 Å². The number of anilines is 1. The Labute approximate surface area is 154 Å². The van der Waals surface area contributed by atoms with Crippen LogP contribution >= 0.6 is 0 Å². The largest absolute Gasteiger partial charge is 0.394 e. The number of hydrogen-bond donors (Lipinski definition) is 3. The number of H-pyrrole nitrogens is 1. The molecule has 144 valence electrons. The summed E-state index contributed by atoms with van der Waals surface area (Å²) in [4.78, 5) is 17.6. The molecule has 0 aliphatic carbocycles. The highest BCUT2D eigenvalue weighted by Crippen LogP contribution is 2.24. The topological polar surface area (TPSA) is 111 Å². The van der Waals surface area contributed by atoms with Crippen LogP contribution in [0.25, 0.3) is 17.5 Å². The first kappa shape index (κ1) is 19.1. The smallest absolute Gasteiger partial charge is 0.279 e. The first-order valence-electron chi connectivity index (χ1n) is 8.40. The fourth-order valence-corrected chi connectivity index (χ4v) is 2.82. The minimum atomic E-state index is -2.82. The van der Waals surface area contributed by atoms with Crippen molar-refractivity contribution in [2.45, 2.75) is 25.5 Å². The lowest BCUT2D eigenvalue weighted by molar-refractivity contribution is -0.0184. The Hall–Kier alpha value is -2.72. The number of nitrogens with zero attached hydrogens (tertiary/aromatic N) is 4. The van der Waals surface area contributed by atoms with E-state index in [2.05, 4.69) is 19.9 Å². The van der Waals surface area contributed by atoms with Crippen molar-refractivity contribution >= 4 is 17.6 Å². The van der Waals surface area contributed by atoms with Gasteiger partial charge in [0.05, 0.1) is 42.6 Å². The van der Waals surface area contributed by atoms with Crippen molar-refractivity contribution in [2.75, 3.05) is 24.7 Å². The molecule has 0 bridgehead atoms. The van der Waals surface area contributed by atoms with Crippen LogP contribution in [0, 0.1) is 5.41 Å². The number of hydrogen-bond acceptors (Lipinski definition) is 7. The Morgan fingerprint density at radius 3 is 3.04 bits per heavy atom. The van der Waals surface area contributed by atoms with E-state index in [0.717, 1.165) is 6.08 Å². The average Bonchev–Trinajstić information content (AvgIpc) is 3.15. The van der Waals surface area contributed by atoms with Crippen molar-refractivity contribution in [3.05, 3.63) is 30.5 Å². The Kier molecular flexibility index (Phi) is 5.87. The second-order valence-electron chi connectivity index (χ2n) is 6.06. The summed E-state index contributed by atoms with van der Waals surface area (Å²) in [6, 6.07) is 1.74. The molecule has 8 nitrogen and oxygen atoms in total. The van der Waals surface area contributed by atoms with Gasteiger partial charge >= 0.3 is 0 Å². The van der Waals surface area contributed by atoms with E-state index in [0.29, 0.717) is 36.2 Å². The Bertz CT molecular complexity index is 825. The number of aromatic amines is 1. The van der Waals surface area contributed by atoms with Crippen molar-refractivity contribution in [3.63, 3.8) is 0 Å².